The molecule has 1 fully saturated rings. The van der Waals surface area contributed by atoms with Crippen molar-refractivity contribution in [3.63, 3.8) is 0 Å². The average molecular weight is 314 g/mol. The van der Waals surface area contributed by atoms with E-state index in [1.807, 2.05) is 0 Å². The normalized spacial score (nSPS) is 20.9. The van der Waals surface area contributed by atoms with Crippen LogP contribution in [0, 0.1) is 0 Å². The molecule has 0 saturated heterocycles. The van der Waals surface area contributed by atoms with Crippen molar-refractivity contribution in [2.24, 2.45) is 0 Å². The fourth-order valence-electron chi connectivity index (χ4n) is 2.48. The van der Waals surface area contributed by atoms with Gasteiger partial charge in [0.15, 0.2) is 0 Å². The van der Waals surface area contributed by atoms with Crippen molar-refractivity contribution in [2.45, 2.75) is 63.5 Å². The molecule has 1 saturated carbocycles. The van der Waals surface area contributed by atoms with E-state index in [-0.39, 0.29) is 49.6 Å². The molecule has 0 radical (unpaired) electrons. The third kappa shape index (κ3) is 7.05. The van der Waals surface area contributed by atoms with E-state index < -0.39 is 11.9 Å². The molecule has 1 aliphatic carbocycles. The van der Waals surface area contributed by atoms with Gasteiger partial charge in [-0.3, -0.25) is 19.2 Å². The van der Waals surface area contributed by atoms with Crippen LogP contribution in [0.3, 0.4) is 0 Å². The van der Waals surface area contributed by atoms with Crippen LogP contribution in [0.4, 0.5) is 0 Å². The Balaban J connectivity index is 2.45. The predicted molar refractivity (Wildman–Crippen MR) is 76.1 cm³/mol. The lowest BCUT2D eigenvalue weighted by molar-refractivity contribution is -0.139. The third-order valence-electron chi connectivity index (χ3n) is 3.59. The molecule has 0 aromatic carbocycles. The van der Waals surface area contributed by atoms with Crippen LogP contribution in [0.2, 0.25) is 0 Å². The minimum Gasteiger partial charge on any atom is -0.481 e. The Hall–Kier alpha value is -2.12. The van der Waals surface area contributed by atoms with Crippen LogP contribution < -0.4 is 10.6 Å². The molecular formula is C14H22N2O6. The maximum Gasteiger partial charge on any atom is 0.303 e. The van der Waals surface area contributed by atoms with Gasteiger partial charge >= 0.3 is 11.9 Å². The fourth-order valence-corrected chi connectivity index (χ4v) is 2.48. The summed E-state index contributed by atoms with van der Waals surface area (Å²) in [5, 5.41) is 22.6. The molecule has 8 nitrogen and oxygen atoms in total. The van der Waals surface area contributed by atoms with Crippen LogP contribution >= 0.6 is 0 Å². The van der Waals surface area contributed by atoms with Gasteiger partial charge in [-0.1, -0.05) is 12.8 Å². The maximum atomic E-state index is 11.7. The number of amides is 2. The van der Waals surface area contributed by atoms with Gasteiger partial charge in [0.1, 0.15) is 0 Å². The van der Waals surface area contributed by atoms with E-state index in [0.717, 1.165) is 12.8 Å². The Kier molecular flexibility index (Phi) is 7.34. The van der Waals surface area contributed by atoms with Crippen molar-refractivity contribution in [1.82, 2.24) is 10.6 Å². The second kappa shape index (κ2) is 9.01. The first-order valence-electron chi connectivity index (χ1n) is 7.41. The van der Waals surface area contributed by atoms with Gasteiger partial charge in [0.25, 0.3) is 0 Å². The highest BCUT2D eigenvalue weighted by Crippen LogP contribution is 2.19. The molecule has 0 unspecified atom stereocenters. The van der Waals surface area contributed by atoms with Gasteiger partial charge in [0, 0.05) is 24.9 Å². The van der Waals surface area contributed by atoms with Crippen LogP contribution in [0.5, 0.6) is 0 Å². The van der Waals surface area contributed by atoms with Crippen LogP contribution in [-0.4, -0.2) is 46.0 Å². The first kappa shape index (κ1) is 17.9. The highest BCUT2D eigenvalue weighted by atomic mass is 16.4. The number of hydrogen-bond acceptors (Lipinski definition) is 4. The van der Waals surface area contributed by atoms with Gasteiger partial charge < -0.3 is 20.8 Å². The largest absolute Gasteiger partial charge is 0.481 e. The van der Waals surface area contributed by atoms with E-state index in [1.54, 1.807) is 0 Å². The summed E-state index contributed by atoms with van der Waals surface area (Å²) < 4.78 is 0. The van der Waals surface area contributed by atoms with E-state index in [4.69, 9.17) is 10.2 Å². The smallest absolute Gasteiger partial charge is 0.303 e. The van der Waals surface area contributed by atoms with E-state index in [1.165, 1.54) is 0 Å². The number of carboxylic acid groups (broad SMARTS) is 2. The highest BCUT2D eigenvalue weighted by molar-refractivity contribution is 5.82. The number of rotatable bonds is 8. The molecule has 124 valence electrons. The Morgan fingerprint density at radius 3 is 1.41 bits per heavy atom. The molecule has 22 heavy (non-hydrogen) atoms. The van der Waals surface area contributed by atoms with Crippen molar-refractivity contribution in [3.8, 4) is 0 Å². The maximum absolute atomic E-state index is 11.7. The van der Waals surface area contributed by atoms with E-state index >= 15 is 0 Å². The monoisotopic (exact) mass is 314 g/mol. The number of aliphatic carboxylic acids is 2. The molecule has 0 aromatic rings. The fraction of sp³-hybridized carbons (Fsp3) is 0.714. The first-order chi connectivity index (χ1) is 10.4. The summed E-state index contributed by atoms with van der Waals surface area (Å²) >= 11 is 0. The number of carbonyl (C=O) groups is 4. The topological polar surface area (TPSA) is 133 Å². The van der Waals surface area contributed by atoms with E-state index in [9.17, 15) is 19.2 Å². The first-order valence-corrected chi connectivity index (χ1v) is 7.41. The van der Waals surface area contributed by atoms with Gasteiger partial charge in [-0.25, -0.2) is 0 Å². The van der Waals surface area contributed by atoms with Gasteiger partial charge in [-0.05, 0) is 12.8 Å². The van der Waals surface area contributed by atoms with Crippen LogP contribution in [0.1, 0.15) is 51.4 Å². The minimum atomic E-state index is -1.03. The lowest BCUT2D eigenvalue weighted by Crippen LogP contribution is -2.53. The molecule has 0 spiro atoms. The van der Waals surface area contributed by atoms with E-state index in [2.05, 4.69) is 10.6 Å². The second-order valence-electron chi connectivity index (χ2n) is 5.42. The Morgan fingerprint density at radius 1 is 0.727 bits per heavy atom. The molecule has 1 rings (SSSR count). The van der Waals surface area contributed by atoms with Gasteiger partial charge in [-0.2, -0.15) is 0 Å². The Labute approximate surface area is 128 Å². The lowest BCUT2D eigenvalue weighted by atomic mass is 9.90. The Bertz CT molecular complexity index is 397. The zero-order valence-corrected chi connectivity index (χ0v) is 12.3. The zero-order valence-electron chi connectivity index (χ0n) is 12.3. The molecule has 0 heterocycles. The van der Waals surface area contributed by atoms with Crippen LogP contribution in [0.25, 0.3) is 0 Å². The molecule has 0 bridgehead atoms. The predicted octanol–water partition coefficient (Wildman–Crippen LogP) is 0.260. The summed E-state index contributed by atoms with van der Waals surface area (Å²) in [4.78, 5) is 44.3. The number of hydrogen-bond donors (Lipinski definition) is 4. The van der Waals surface area contributed by atoms with Gasteiger partial charge in [-0.15, -0.1) is 0 Å². The van der Waals surface area contributed by atoms with E-state index in [0.29, 0.717) is 12.8 Å². The zero-order chi connectivity index (χ0) is 16.5. The Morgan fingerprint density at radius 2 is 1.09 bits per heavy atom. The second-order valence-corrected chi connectivity index (χ2v) is 5.42. The van der Waals surface area contributed by atoms with Crippen LogP contribution in [-0.2, 0) is 19.2 Å². The standard InChI is InChI=1S/C14H22N2O6/c17-11(5-7-13(19)20)15-9-3-1-2-4-10(9)16-12(18)6-8-14(21)22/h9-10H,1-8H2,(H,15,17)(H,16,18)(H,19,20)(H,21,22)/t9-,10-/m1/s1. The van der Waals surface area contributed by atoms with Crippen molar-refractivity contribution in [2.75, 3.05) is 0 Å². The van der Waals surface area contributed by atoms with Crippen molar-refractivity contribution < 1.29 is 29.4 Å². The van der Waals surface area contributed by atoms with Crippen molar-refractivity contribution >= 4 is 23.8 Å². The molecule has 2 amide bonds. The molecular weight excluding hydrogens is 292 g/mol. The average Bonchev–Trinajstić information content (AvgIpc) is 2.45. The van der Waals surface area contributed by atoms with Gasteiger partial charge in [0.2, 0.25) is 11.8 Å². The van der Waals surface area contributed by atoms with Crippen LogP contribution in [0.15, 0.2) is 0 Å². The SMILES string of the molecule is O=C(O)CCC(=O)N[C@@H]1CCCC[C@H]1NC(=O)CCC(=O)O. The molecule has 2 atom stereocenters. The minimum absolute atomic E-state index is 0.0918. The third-order valence-corrected chi connectivity index (χ3v) is 3.59. The molecule has 0 aromatic heterocycles. The molecule has 8 heteroatoms. The van der Waals surface area contributed by atoms with Crippen molar-refractivity contribution in [1.29, 1.82) is 0 Å². The molecule has 1 aliphatic rings. The molecule has 4 N–H and O–H groups in total. The summed E-state index contributed by atoms with van der Waals surface area (Å²) in [5.41, 5.74) is 0. The summed E-state index contributed by atoms with van der Waals surface area (Å²) in [6.45, 7) is 0. The number of carbonyl (C=O) groups excluding carboxylic acids is 2. The lowest BCUT2D eigenvalue weighted by Gasteiger charge is -2.32. The summed E-state index contributed by atoms with van der Waals surface area (Å²) in [6, 6.07) is -0.465. The quantitative estimate of drug-likeness (QED) is 0.508. The van der Waals surface area contributed by atoms with Crippen molar-refractivity contribution in [3.05, 3.63) is 0 Å². The van der Waals surface area contributed by atoms with Gasteiger partial charge in [0.05, 0.1) is 12.8 Å². The summed E-state index contributed by atoms with van der Waals surface area (Å²) in [7, 11) is 0. The number of carboxylic acids is 2. The molecule has 0 aliphatic heterocycles. The highest BCUT2D eigenvalue weighted by Gasteiger charge is 2.27. The summed E-state index contributed by atoms with van der Waals surface area (Å²) in [6.07, 6.45) is 2.63. The number of nitrogens with one attached hydrogen (secondary N) is 2. The summed E-state index contributed by atoms with van der Waals surface area (Å²) in [5.74, 6) is -2.76.